The van der Waals surface area contributed by atoms with Crippen molar-refractivity contribution in [2.24, 2.45) is 4.99 Å². The lowest BCUT2D eigenvalue weighted by Crippen LogP contribution is -2.31. The highest BCUT2D eigenvalue weighted by Gasteiger charge is 2.16. The van der Waals surface area contributed by atoms with Crippen LogP contribution in [0.25, 0.3) is 16.7 Å². The molecule has 2 N–H and O–H groups in total. The lowest BCUT2D eigenvalue weighted by Gasteiger charge is -2.12. The highest BCUT2D eigenvalue weighted by molar-refractivity contribution is 7.00. The first-order valence-electron chi connectivity index (χ1n) is 8.37. The summed E-state index contributed by atoms with van der Waals surface area (Å²) in [6.45, 7) is 3.75. The lowest BCUT2D eigenvalue weighted by molar-refractivity contribution is 0.430. The third-order valence-corrected chi connectivity index (χ3v) is 4.85. The van der Waals surface area contributed by atoms with E-state index in [2.05, 4.69) is 18.7 Å². The van der Waals surface area contributed by atoms with Crippen molar-refractivity contribution in [3.63, 3.8) is 0 Å². The minimum atomic E-state index is -0.726. The molecule has 0 bridgehead atoms. The van der Waals surface area contributed by atoms with E-state index in [0.717, 1.165) is 27.4 Å². The summed E-state index contributed by atoms with van der Waals surface area (Å²) in [4.78, 5) is 31.1. The van der Waals surface area contributed by atoms with E-state index in [-0.39, 0.29) is 5.56 Å². The van der Waals surface area contributed by atoms with Crippen molar-refractivity contribution in [1.82, 2.24) is 18.3 Å². The number of aromatic amines is 1. The van der Waals surface area contributed by atoms with Gasteiger partial charge in [-0.1, -0.05) is 23.8 Å². The normalized spacial score (nSPS) is 11.5. The molecule has 8 nitrogen and oxygen atoms in total. The number of benzene rings is 2. The predicted octanol–water partition coefficient (Wildman–Crippen LogP) is 2.60. The van der Waals surface area contributed by atoms with Crippen LogP contribution in [0.5, 0.6) is 5.88 Å². The molecule has 2 aromatic carbocycles. The molecule has 4 rings (SSSR count). The number of fused-ring (bicyclic) bond motifs is 1. The van der Waals surface area contributed by atoms with Gasteiger partial charge in [-0.2, -0.15) is 8.75 Å². The van der Waals surface area contributed by atoms with Crippen LogP contribution in [0, 0.1) is 13.8 Å². The van der Waals surface area contributed by atoms with E-state index < -0.39 is 17.1 Å². The van der Waals surface area contributed by atoms with Gasteiger partial charge in [-0.05, 0) is 37.6 Å². The Hall–Kier alpha value is -3.59. The summed E-state index contributed by atoms with van der Waals surface area (Å²) in [5, 5.41) is 10.7. The molecule has 0 aliphatic carbocycles. The summed E-state index contributed by atoms with van der Waals surface area (Å²) in [5.41, 5.74) is 2.50. The quantitative estimate of drug-likeness (QED) is 0.520. The average molecular weight is 393 g/mol. The van der Waals surface area contributed by atoms with Crippen LogP contribution in [0.3, 0.4) is 0 Å². The molecule has 2 heterocycles. The van der Waals surface area contributed by atoms with Crippen LogP contribution in [0.15, 0.2) is 51.0 Å². The van der Waals surface area contributed by atoms with Gasteiger partial charge in [0.25, 0.3) is 5.56 Å². The molecule has 9 heteroatoms. The first kappa shape index (κ1) is 17.8. The van der Waals surface area contributed by atoms with Gasteiger partial charge in [0.2, 0.25) is 5.88 Å². The molecular formula is C19H15N5O3S. The maximum atomic E-state index is 12.4. The summed E-state index contributed by atoms with van der Waals surface area (Å²) in [5.74, 6) is -0.479. The van der Waals surface area contributed by atoms with Crippen LogP contribution in [-0.4, -0.2) is 29.6 Å². The van der Waals surface area contributed by atoms with Gasteiger partial charge in [-0.3, -0.25) is 14.8 Å². The van der Waals surface area contributed by atoms with Crippen LogP contribution in [0.1, 0.15) is 16.7 Å². The highest BCUT2D eigenvalue weighted by atomic mass is 32.1. The summed E-state index contributed by atoms with van der Waals surface area (Å²) in [6.07, 6.45) is 1.22. The van der Waals surface area contributed by atoms with Crippen molar-refractivity contribution in [1.29, 1.82) is 0 Å². The number of hydrogen-bond donors (Lipinski definition) is 2. The van der Waals surface area contributed by atoms with Gasteiger partial charge in [-0.15, -0.1) is 0 Å². The van der Waals surface area contributed by atoms with Crippen molar-refractivity contribution in [2.45, 2.75) is 13.8 Å². The second-order valence-electron chi connectivity index (χ2n) is 6.29. The molecule has 0 aliphatic rings. The number of aromatic hydroxyl groups is 1. The molecule has 0 fully saturated rings. The van der Waals surface area contributed by atoms with Crippen molar-refractivity contribution in [2.75, 3.05) is 0 Å². The van der Waals surface area contributed by atoms with E-state index in [1.54, 1.807) is 18.2 Å². The molecule has 2 aromatic heterocycles. The van der Waals surface area contributed by atoms with Gasteiger partial charge in [0, 0.05) is 6.21 Å². The Morgan fingerprint density at radius 2 is 2.00 bits per heavy atom. The summed E-state index contributed by atoms with van der Waals surface area (Å²) < 4.78 is 9.39. The summed E-state index contributed by atoms with van der Waals surface area (Å²) in [7, 11) is 0. The first-order chi connectivity index (χ1) is 13.5. The third-order valence-electron chi connectivity index (χ3n) is 4.31. The molecule has 0 saturated heterocycles. The number of aryl methyl sites for hydroxylation is 2. The second-order valence-corrected chi connectivity index (χ2v) is 6.82. The van der Waals surface area contributed by atoms with Crippen molar-refractivity contribution in [3.05, 3.63) is 73.9 Å². The lowest BCUT2D eigenvalue weighted by atomic mass is 10.1. The Bertz CT molecular complexity index is 1350. The Morgan fingerprint density at radius 1 is 1.18 bits per heavy atom. The number of aliphatic imine (C=N–C) groups is 1. The zero-order valence-corrected chi connectivity index (χ0v) is 15.8. The fraction of sp³-hybridized carbons (Fsp3) is 0.105. The Kier molecular flexibility index (Phi) is 4.36. The number of nitrogens with zero attached hydrogens (tertiary/aromatic N) is 4. The molecule has 4 aromatic rings. The standard InChI is InChI=1S/C19H15N5O3S/c1-10-6-7-15(11(2)8-10)24-18(26)12(17(25)21-19(24)27)9-20-13-4-3-5-14-16(13)23-28-22-14/h3-9,26H,1-2H3,(H,21,25,27). The number of aromatic nitrogens is 4. The van der Waals surface area contributed by atoms with Crippen LogP contribution >= 0.6 is 11.7 Å². The molecule has 0 radical (unpaired) electrons. The Balaban J connectivity index is 1.88. The molecule has 140 valence electrons. The van der Waals surface area contributed by atoms with Gasteiger partial charge in [0.1, 0.15) is 16.6 Å². The molecular weight excluding hydrogens is 378 g/mol. The van der Waals surface area contributed by atoms with E-state index in [9.17, 15) is 14.7 Å². The van der Waals surface area contributed by atoms with Gasteiger partial charge < -0.3 is 5.11 Å². The van der Waals surface area contributed by atoms with E-state index in [4.69, 9.17) is 0 Å². The average Bonchev–Trinajstić information content (AvgIpc) is 3.12. The maximum Gasteiger partial charge on any atom is 0.335 e. The van der Waals surface area contributed by atoms with Crippen LogP contribution < -0.4 is 11.2 Å². The van der Waals surface area contributed by atoms with Gasteiger partial charge in [0.05, 0.1) is 23.1 Å². The van der Waals surface area contributed by atoms with Crippen LogP contribution in [0.2, 0.25) is 0 Å². The number of H-pyrrole nitrogens is 1. The zero-order valence-electron chi connectivity index (χ0n) is 15.0. The van der Waals surface area contributed by atoms with E-state index in [1.165, 1.54) is 6.21 Å². The van der Waals surface area contributed by atoms with Gasteiger partial charge >= 0.3 is 5.69 Å². The minimum Gasteiger partial charge on any atom is -0.493 e. The summed E-state index contributed by atoms with van der Waals surface area (Å²) >= 11 is 1.06. The van der Waals surface area contributed by atoms with Gasteiger partial charge in [0.15, 0.2) is 0 Å². The fourth-order valence-corrected chi connectivity index (χ4v) is 3.51. The van der Waals surface area contributed by atoms with E-state index >= 15 is 0 Å². The number of hydrogen-bond acceptors (Lipinski definition) is 7. The smallest absolute Gasteiger partial charge is 0.335 e. The van der Waals surface area contributed by atoms with E-state index in [0.29, 0.717) is 22.4 Å². The molecule has 0 aliphatic heterocycles. The molecule has 0 atom stereocenters. The second kappa shape index (κ2) is 6.86. The van der Waals surface area contributed by atoms with Crippen LogP contribution in [-0.2, 0) is 0 Å². The Labute approximate surface area is 162 Å². The fourth-order valence-electron chi connectivity index (χ4n) is 2.96. The highest BCUT2D eigenvalue weighted by Crippen LogP contribution is 2.25. The summed E-state index contributed by atoms with van der Waals surface area (Å²) in [6, 6.07) is 10.7. The SMILES string of the molecule is Cc1ccc(-n2c(O)c(C=Nc3cccc4nsnc34)c(=O)[nH]c2=O)c(C)c1. The van der Waals surface area contributed by atoms with Crippen molar-refractivity contribution < 1.29 is 5.11 Å². The van der Waals surface area contributed by atoms with Crippen molar-refractivity contribution >= 4 is 34.7 Å². The van der Waals surface area contributed by atoms with Gasteiger partial charge in [-0.25, -0.2) is 9.36 Å². The molecule has 0 unspecified atom stereocenters. The first-order valence-corrected chi connectivity index (χ1v) is 9.10. The maximum absolute atomic E-state index is 12.4. The molecule has 0 saturated carbocycles. The molecule has 0 spiro atoms. The number of rotatable bonds is 3. The minimum absolute atomic E-state index is 0.125. The van der Waals surface area contributed by atoms with E-state index in [1.807, 2.05) is 32.0 Å². The zero-order chi connectivity index (χ0) is 19.8. The molecule has 28 heavy (non-hydrogen) atoms. The largest absolute Gasteiger partial charge is 0.493 e. The third kappa shape index (κ3) is 3.01. The van der Waals surface area contributed by atoms with Crippen molar-refractivity contribution in [3.8, 4) is 11.6 Å². The monoisotopic (exact) mass is 393 g/mol. The number of nitrogens with one attached hydrogen (secondary N) is 1. The molecule has 0 amide bonds. The Morgan fingerprint density at radius 3 is 2.79 bits per heavy atom. The predicted molar refractivity (Wildman–Crippen MR) is 108 cm³/mol. The van der Waals surface area contributed by atoms with Crippen LogP contribution in [0.4, 0.5) is 5.69 Å². The topological polar surface area (TPSA) is 113 Å².